The number of anilines is 1. The largest absolute Gasteiger partial charge is 0.452 e. The molecule has 9 nitrogen and oxygen atoms in total. The lowest BCUT2D eigenvalue weighted by molar-refractivity contribution is -0.119. The van der Waals surface area contributed by atoms with Crippen LogP contribution in [0, 0.1) is 17.1 Å². The Kier molecular flexibility index (Phi) is 6.96. The van der Waals surface area contributed by atoms with E-state index in [2.05, 4.69) is 5.32 Å². The normalized spacial score (nSPS) is 14.5. The molecule has 0 radical (unpaired) electrons. The molecule has 2 aromatic carbocycles. The van der Waals surface area contributed by atoms with E-state index in [1.807, 2.05) is 6.07 Å². The highest BCUT2D eigenvalue weighted by atomic mass is 32.2. The van der Waals surface area contributed by atoms with Gasteiger partial charge in [0.1, 0.15) is 16.8 Å². The first-order chi connectivity index (χ1) is 14.8. The average molecular weight is 447 g/mol. The SMILES string of the molecule is N#Cc1ccccc1NC(=O)COC(=O)c1ccc(F)c(S(=O)(=O)N2CCOCC2)c1. The van der Waals surface area contributed by atoms with Gasteiger partial charge in [-0.1, -0.05) is 12.1 Å². The van der Waals surface area contributed by atoms with Gasteiger partial charge in [0.05, 0.1) is 30.0 Å². The Bertz CT molecular complexity index is 1140. The quantitative estimate of drug-likeness (QED) is 0.665. The lowest BCUT2D eigenvalue weighted by Gasteiger charge is -2.26. The molecule has 1 aliphatic rings. The number of sulfonamides is 1. The first kappa shape index (κ1) is 22.4. The van der Waals surface area contributed by atoms with Crippen LogP contribution in [0.5, 0.6) is 0 Å². The van der Waals surface area contributed by atoms with Gasteiger partial charge < -0.3 is 14.8 Å². The van der Waals surface area contributed by atoms with Crippen LogP contribution in [-0.2, 0) is 24.3 Å². The number of carbonyl (C=O) groups is 2. The molecule has 0 aromatic heterocycles. The molecule has 3 rings (SSSR count). The van der Waals surface area contributed by atoms with Crippen molar-refractivity contribution < 1.29 is 31.9 Å². The maximum Gasteiger partial charge on any atom is 0.338 e. The highest BCUT2D eigenvalue weighted by Crippen LogP contribution is 2.22. The number of rotatable bonds is 6. The summed E-state index contributed by atoms with van der Waals surface area (Å²) in [6.07, 6.45) is 0. The Labute approximate surface area is 178 Å². The molecule has 0 spiro atoms. The second kappa shape index (κ2) is 9.65. The molecule has 0 unspecified atom stereocenters. The summed E-state index contributed by atoms with van der Waals surface area (Å²) in [5.41, 5.74) is 0.267. The van der Waals surface area contributed by atoms with Crippen LogP contribution >= 0.6 is 0 Å². The summed E-state index contributed by atoms with van der Waals surface area (Å²) >= 11 is 0. The highest BCUT2D eigenvalue weighted by molar-refractivity contribution is 7.89. The lowest BCUT2D eigenvalue weighted by atomic mass is 10.2. The minimum atomic E-state index is -4.17. The summed E-state index contributed by atoms with van der Waals surface area (Å²) in [4.78, 5) is 23.7. The number of carbonyl (C=O) groups excluding carboxylic acids is 2. The molecule has 1 saturated heterocycles. The predicted molar refractivity (Wildman–Crippen MR) is 106 cm³/mol. The van der Waals surface area contributed by atoms with E-state index in [4.69, 9.17) is 14.7 Å². The molecule has 11 heteroatoms. The standard InChI is InChI=1S/C20H18FN3O6S/c21-16-6-5-14(11-18(16)31(27,28)24-7-9-29-10-8-24)20(26)30-13-19(25)23-17-4-2-1-3-15(17)12-22/h1-6,11H,7-10,13H2,(H,23,25). The first-order valence-corrected chi connectivity index (χ1v) is 10.6. The number of amides is 1. The van der Waals surface area contributed by atoms with Crippen molar-refractivity contribution in [2.24, 2.45) is 0 Å². The van der Waals surface area contributed by atoms with E-state index in [-0.39, 0.29) is 43.1 Å². The molecular weight excluding hydrogens is 429 g/mol. The van der Waals surface area contributed by atoms with Crippen LogP contribution in [0.15, 0.2) is 47.4 Å². The van der Waals surface area contributed by atoms with Gasteiger partial charge >= 0.3 is 5.97 Å². The maximum absolute atomic E-state index is 14.2. The molecule has 1 amide bonds. The van der Waals surface area contributed by atoms with Gasteiger partial charge in [0.25, 0.3) is 5.91 Å². The van der Waals surface area contributed by atoms with Crippen LogP contribution in [0.1, 0.15) is 15.9 Å². The molecule has 1 N–H and O–H groups in total. The van der Waals surface area contributed by atoms with Crippen LogP contribution in [0.3, 0.4) is 0 Å². The third-order valence-corrected chi connectivity index (χ3v) is 6.32. The third-order valence-electron chi connectivity index (χ3n) is 4.41. The Morgan fingerprint density at radius 3 is 2.61 bits per heavy atom. The molecule has 1 fully saturated rings. The molecule has 0 bridgehead atoms. The smallest absolute Gasteiger partial charge is 0.338 e. The van der Waals surface area contributed by atoms with Crippen molar-refractivity contribution in [3.8, 4) is 6.07 Å². The number of morpholine rings is 1. The van der Waals surface area contributed by atoms with Crippen molar-refractivity contribution >= 4 is 27.6 Å². The van der Waals surface area contributed by atoms with Gasteiger partial charge in [0.15, 0.2) is 6.61 Å². The Balaban J connectivity index is 1.69. The van der Waals surface area contributed by atoms with Crippen molar-refractivity contribution in [1.82, 2.24) is 4.31 Å². The second-order valence-corrected chi connectivity index (χ2v) is 8.35. The molecule has 0 saturated carbocycles. The Morgan fingerprint density at radius 1 is 1.19 bits per heavy atom. The second-order valence-electron chi connectivity index (χ2n) is 6.44. The summed E-state index contributed by atoms with van der Waals surface area (Å²) in [6.45, 7) is -0.164. The number of benzene rings is 2. The first-order valence-electron chi connectivity index (χ1n) is 9.16. The van der Waals surface area contributed by atoms with E-state index in [9.17, 15) is 22.4 Å². The summed E-state index contributed by atoms with van der Waals surface area (Å²) < 4.78 is 50.7. The molecule has 0 aliphatic carbocycles. The van der Waals surface area contributed by atoms with E-state index < -0.39 is 39.2 Å². The van der Waals surface area contributed by atoms with Crippen LogP contribution in [0.4, 0.5) is 10.1 Å². The van der Waals surface area contributed by atoms with Gasteiger partial charge in [-0.15, -0.1) is 0 Å². The van der Waals surface area contributed by atoms with Crippen molar-refractivity contribution in [2.75, 3.05) is 38.2 Å². The minimum Gasteiger partial charge on any atom is -0.452 e. The molecule has 162 valence electrons. The number of hydrogen-bond donors (Lipinski definition) is 1. The van der Waals surface area contributed by atoms with E-state index in [1.165, 1.54) is 12.1 Å². The summed E-state index contributed by atoms with van der Waals surface area (Å²) in [7, 11) is -4.17. The number of ether oxygens (including phenoxy) is 2. The highest BCUT2D eigenvalue weighted by Gasteiger charge is 2.30. The van der Waals surface area contributed by atoms with Crippen molar-refractivity contribution in [2.45, 2.75) is 4.90 Å². The fourth-order valence-electron chi connectivity index (χ4n) is 2.84. The number of nitriles is 1. The number of para-hydroxylation sites is 1. The van der Waals surface area contributed by atoms with Gasteiger partial charge in [0.2, 0.25) is 10.0 Å². The zero-order valence-electron chi connectivity index (χ0n) is 16.2. The van der Waals surface area contributed by atoms with Gasteiger partial charge in [-0.05, 0) is 30.3 Å². The third kappa shape index (κ3) is 5.24. The van der Waals surface area contributed by atoms with Gasteiger partial charge in [0, 0.05) is 13.1 Å². The zero-order valence-corrected chi connectivity index (χ0v) is 17.0. The van der Waals surface area contributed by atoms with Crippen molar-refractivity contribution in [3.05, 3.63) is 59.4 Å². The number of nitrogens with zero attached hydrogens (tertiary/aromatic N) is 2. The zero-order chi connectivity index (χ0) is 22.4. The number of halogens is 1. The molecule has 0 atom stereocenters. The van der Waals surface area contributed by atoms with Crippen LogP contribution in [0.2, 0.25) is 0 Å². The monoisotopic (exact) mass is 447 g/mol. The van der Waals surface area contributed by atoms with E-state index in [0.29, 0.717) is 0 Å². The van der Waals surface area contributed by atoms with E-state index >= 15 is 0 Å². The molecule has 31 heavy (non-hydrogen) atoms. The molecule has 1 aliphatic heterocycles. The Hall–Kier alpha value is -3.33. The van der Waals surface area contributed by atoms with Gasteiger partial charge in [-0.3, -0.25) is 4.79 Å². The summed E-state index contributed by atoms with van der Waals surface area (Å²) in [6, 6.07) is 11.0. The Morgan fingerprint density at radius 2 is 1.90 bits per heavy atom. The summed E-state index contributed by atoms with van der Waals surface area (Å²) in [5, 5.41) is 11.5. The van der Waals surface area contributed by atoms with Gasteiger partial charge in [-0.25, -0.2) is 17.6 Å². The van der Waals surface area contributed by atoms with E-state index in [0.717, 1.165) is 22.5 Å². The fourth-order valence-corrected chi connectivity index (χ4v) is 4.34. The number of nitrogens with one attached hydrogen (secondary N) is 1. The van der Waals surface area contributed by atoms with Crippen LogP contribution in [-0.4, -0.2) is 57.5 Å². The lowest BCUT2D eigenvalue weighted by Crippen LogP contribution is -2.41. The van der Waals surface area contributed by atoms with E-state index in [1.54, 1.807) is 12.1 Å². The molecule has 1 heterocycles. The van der Waals surface area contributed by atoms with Gasteiger partial charge in [-0.2, -0.15) is 9.57 Å². The minimum absolute atomic E-state index is 0.0702. The topological polar surface area (TPSA) is 126 Å². The van der Waals surface area contributed by atoms with Crippen LogP contribution < -0.4 is 5.32 Å². The molecular formula is C20H18FN3O6S. The average Bonchev–Trinajstić information content (AvgIpc) is 2.78. The van der Waals surface area contributed by atoms with Crippen molar-refractivity contribution in [1.29, 1.82) is 5.26 Å². The maximum atomic E-state index is 14.2. The van der Waals surface area contributed by atoms with Crippen molar-refractivity contribution in [3.63, 3.8) is 0 Å². The molecule has 2 aromatic rings. The number of esters is 1. The fraction of sp³-hybridized carbons (Fsp3) is 0.250. The predicted octanol–water partition coefficient (Wildman–Crippen LogP) is 1.51. The van der Waals surface area contributed by atoms with Crippen LogP contribution in [0.25, 0.3) is 0 Å². The summed E-state index contributed by atoms with van der Waals surface area (Å²) in [5.74, 6) is -2.70. The number of hydrogen-bond acceptors (Lipinski definition) is 7.